The molecule has 3 aromatic rings. The Morgan fingerprint density at radius 2 is 1.91 bits per heavy atom. The van der Waals surface area contributed by atoms with Crippen LogP contribution >= 0.6 is 0 Å². The summed E-state index contributed by atoms with van der Waals surface area (Å²) in [6.07, 6.45) is 12.7. The van der Waals surface area contributed by atoms with E-state index < -0.39 is 0 Å². The highest BCUT2D eigenvalue weighted by atomic mass is 19.1. The van der Waals surface area contributed by atoms with Crippen LogP contribution in [0.1, 0.15) is 83.8 Å². The van der Waals surface area contributed by atoms with E-state index in [-0.39, 0.29) is 29.3 Å². The third kappa shape index (κ3) is 6.68. The SMILES string of the molecule is C=C/C(O)=C\C=C1/CCCC(c2ccccc2)C1c1cc(F)c(N2CCC3(CC2)CC(CN2CCN4c5ccc6c(c5OCC4C2)CNC6=O)C3)cc1OC. The Hall–Kier alpha value is -4.76. The van der Waals surface area contributed by atoms with E-state index in [1.165, 1.54) is 24.5 Å². The fourth-order valence-corrected chi connectivity index (χ4v) is 10.9. The fourth-order valence-electron chi connectivity index (χ4n) is 10.9. The van der Waals surface area contributed by atoms with E-state index in [0.717, 1.165) is 111 Å². The van der Waals surface area contributed by atoms with E-state index >= 15 is 4.39 Å². The first-order valence-electron chi connectivity index (χ1n) is 20.3. The highest BCUT2D eigenvalue weighted by Crippen LogP contribution is 2.55. The van der Waals surface area contributed by atoms with E-state index in [0.29, 0.717) is 36.2 Å². The number of carbonyl (C=O) groups excluding carboxylic acids is 1. The maximum Gasteiger partial charge on any atom is 0.252 e. The number of carbonyl (C=O) groups is 1. The third-order valence-corrected chi connectivity index (χ3v) is 13.7. The van der Waals surface area contributed by atoms with Gasteiger partial charge < -0.3 is 29.7 Å². The first kappa shape index (κ1) is 35.9. The van der Waals surface area contributed by atoms with Crippen LogP contribution in [0.2, 0.25) is 0 Å². The fraction of sp³-hybridized carbons (Fsp3) is 0.457. The van der Waals surface area contributed by atoms with Crippen molar-refractivity contribution in [1.29, 1.82) is 0 Å². The lowest BCUT2D eigenvalue weighted by Gasteiger charge is -2.54. The average molecular weight is 745 g/mol. The van der Waals surface area contributed by atoms with E-state index in [9.17, 15) is 9.90 Å². The lowest BCUT2D eigenvalue weighted by molar-refractivity contribution is 0.00293. The predicted molar refractivity (Wildman–Crippen MR) is 215 cm³/mol. The van der Waals surface area contributed by atoms with Gasteiger partial charge in [0.2, 0.25) is 0 Å². The Morgan fingerprint density at radius 3 is 2.69 bits per heavy atom. The van der Waals surface area contributed by atoms with Crippen LogP contribution < -0.4 is 24.6 Å². The summed E-state index contributed by atoms with van der Waals surface area (Å²) in [4.78, 5) is 19.5. The van der Waals surface area contributed by atoms with Crippen molar-refractivity contribution in [2.75, 3.05) is 62.8 Å². The number of aliphatic hydroxyl groups excluding tert-OH is 1. The molecule has 4 aliphatic heterocycles. The number of aliphatic hydroxyl groups is 1. The first-order valence-corrected chi connectivity index (χ1v) is 20.3. The van der Waals surface area contributed by atoms with Gasteiger partial charge in [0.05, 0.1) is 24.5 Å². The molecule has 0 bridgehead atoms. The highest BCUT2D eigenvalue weighted by Gasteiger charge is 2.47. The first-order chi connectivity index (χ1) is 26.8. The number of ether oxygens (including phenoxy) is 2. The van der Waals surface area contributed by atoms with Crippen LogP contribution in [0.4, 0.5) is 15.8 Å². The number of nitrogens with one attached hydrogen (secondary N) is 1. The maximum atomic E-state index is 16.4. The zero-order valence-electron chi connectivity index (χ0n) is 31.9. The highest BCUT2D eigenvalue weighted by molar-refractivity contribution is 6.00. The molecule has 9 rings (SSSR count). The lowest BCUT2D eigenvalue weighted by atomic mass is 9.57. The number of rotatable bonds is 8. The predicted octanol–water partition coefficient (Wildman–Crippen LogP) is 8.26. The lowest BCUT2D eigenvalue weighted by Crippen LogP contribution is -2.59. The molecule has 3 aromatic carbocycles. The Balaban J connectivity index is 0.842. The van der Waals surface area contributed by atoms with E-state index in [1.54, 1.807) is 19.3 Å². The van der Waals surface area contributed by atoms with Crippen LogP contribution in [0.25, 0.3) is 0 Å². The zero-order valence-corrected chi connectivity index (χ0v) is 31.9. The van der Waals surface area contributed by atoms with Crippen molar-refractivity contribution in [3.8, 4) is 11.5 Å². The van der Waals surface area contributed by atoms with Gasteiger partial charge in [-0.15, -0.1) is 0 Å². The minimum absolute atomic E-state index is 0.00507. The van der Waals surface area contributed by atoms with Gasteiger partial charge >= 0.3 is 0 Å². The molecule has 55 heavy (non-hydrogen) atoms. The number of allylic oxidation sites excluding steroid dienone is 4. The van der Waals surface area contributed by atoms with Crippen molar-refractivity contribution < 1.29 is 23.8 Å². The molecule has 6 aliphatic rings. The molecule has 4 fully saturated rings. The van der Waals surface area contributed by atoms with Gasteiger partial charge in [-0.25, -0.2) is 4.39 Å². The summed E-state index contributed by atoms with van der Waals surface area (Å²) >= 11 is 0. The Kier molecular flexibility index (Phi) is 9.61. The van der Waals surface area contributed by atoms with Crippen LogP contribution in [0.15, 0.2) is 90.7 Å². The summed E-state index contributed by atoms with van der Waals surface area (Å²) in [6.45, 7) is 10.7. The van der Waals surface area contributed by atoms with Crippen LogP contribution in [0.5, 0.6) is 11.5 Å². The van der Waals surface area contributed by atoms with E-state index in [1.807, 2.05) is 24.3 Å². The summed E-state index contributed by atoms with van der Waals surface area (Å²) in [5.41, 5.74) is 7.15. The van der Waals surface area contributed by atoms with Crippen molar-refractivity contribution >= 4 is 17.3 Å². The standard InChI is InChI=1S/C46H53FN4O4/c1-3-34(52)13-12-32-10-7-11-35(31-8-5-4-6-9-31)43(32)37-22-39(47)41(23-42(37)54-2)50-18-16-46(17-19-50)24-30(25-46)27-49-20-21-51-33(28-49)29-55-44-38-26-48-45(53)36(38)14-15-40(44)51/h3-6,8-9,12-15,22-23,30,33,35,43,52H,1,7,10-11,16-21,24-29H2,2H3,(H,48,53)/b32-12+,34-13+. The second-order valence-electron chi connectivity index (χ2n) is 16.8. The summed E-state index contributed by atoms with van der Waals surface area (Å²) in [7, 11) is 1.69. The Morgan fingerprint density at radius 1 is 1.09 bits per heavy atom. The van der Waals surface area contributed by atoms with Gasteiger partial charge in [-0.3, -0.25) is 9.69 Å². The molecule has 2 saturated carbocycles. The number of nitrogens with zero attached hydrogens (tertiary/aromatic N) is 3. The van der Waals surface area contributed by atoms with Gasteiger partial charge in [-0.05, 0) is 98.1 Å². The average Bonchev–Trinajstić information content (AvgIpc) is 3.60. The molecular formula is C46H53FN4O4. The number of hydrogen-bond acceptors (Lipinski definition) is 7. The summed E-state index contributed by atoms with van der Waals surface area (Å²) in [5, 5.41) is 13.1. The molecule has 2 N–H and O–H groups in total. The van der Waals surface area contributed by atoms with Crippen LogP contribution in [0.3, 0.4) is 0 Å². The van der Waals surface area contributed by atoms with Crippen molar-refractivity contribution in [2.45, 2.75) is 69.4 Å². The number of amides is 1. The molecule has 9 heteroatoms. The van der Waals surface area contributed by atoms with Crippen LogP contribution in [-0.2, 0) is 6.54 Å². The topological polar surface area (TPSA) is 77.5 Å². The second kappa shape index (κ2) is 14.7. The van der Waals surface area contributed by atoms with Crippen molar-refractivity contribution in [3.05, 3.63) is 119 Å². The molecule has 3 unspecified atom stereocenters. The van der Waals surface area contributed by atoms with E-state index in [4.69, 9.17) is 9.47 Å². The number of piperidine rings is 1. The molecule has 4 heterocycles. The van der Waals surface area contributed by atoms with Crippen molar-refractivity contribution in [3.63, 3.8) is 0 Å². The minimum Gasteiger partial charge on any atom is -0.508 e. The van der Waals surface area contributed by atoms with E-state index in [2.05, 4.69) is 56.9 Å². The molecule has 2 aliphatic carbocycles. The second-order valence-corrected chi connectivity index (χ2v) is 16.8. The molecule has 8 nitrogen and oxygen atoms in total. The Bertz CT molecular complexity index is 2010. The van der Waals surface area contributed by atoms with Gasteiger partial charge in [0.1, 0.15) is 29.7 Å². The smallest absolute Gasteiger partial charge is 0.252 e. The molecule has 2 saturated heterocycles. The monoisotopic (exact) mass is 744 g/mol. The van der Waals surface area contributed by atoms with Gasteiger partial charge in [-0.2, -0.15) is 0 Å². The van der Waals surface area contributed by atoms with Crippen LogP contribution in [-0.4, -0.2) is 74.9 Å². The number of piperazine rings is 1. The number of methoxy groups -OCH3 is 1. The molecule has 1 amide bonds. The zero-order chi connectivity index (χ0) is 37.7. The van der Waals surface area contributed by atoms with Gasteiger partial charge in [0.15, 0.2) is 0 Å². The molecule has 0 aromatic heterocycles. The minimum atomic E-state index is -0.192. The number of fused-ring (bicyclic) bond motifs is 5. The largest absolute Gasteiger partial charge is 0.508 e. The Labute approximate surface area is 324 Å². The quantitative estimate of drug-likeness (QED) is 0.178. The number of anilines is 2. The van der Waals surface area contributed by atoms with Gasteiger partial charge in [0.25, 0.3) is 5.91 Å². The third-order valence-electron chi connectivity index (χ3n) is 13.7. The number of hydrogen-bond donors (Lipinski definition) is 2. The molecule has 288 valence electrons. The summed E-state index contributed by atoms with van der Waals surface area (Å²) in [5.74, 6) is 2.33. The van der Waals surface area contributed by atoms with Crippen molar-refractivity contribution in [2.24, 2.45) is 11.3 Å². The van der Waals surface area contributed by atoms with Crippen molar-refractivity contribution in [1.82, 2.24) is 10.2 Å². The number of halogens is 1. The summed E-state index contributed by atoms with van der Waals surface area (Å²) in [6, 6.07) is 18.5. The van der Waals surface area contributed by atoms with Gasteiger partial charge in [0, 0.05) is 74.5 Å². The molecule has 1 spiro atoms. The maximum absolute atomic E-state index is 16.4. The normalized spacial score (nSPS) is 25.8. The number of benzene rings is 3. The van der Waals surface area contributed by atoms with Gasteiger partial charge in [-0.1, -0.05) is 48.6 Å². The molecule has 3 atom stereocenters. The van der Waals surface area contributed by atoms with Crippen LogP contribution in [0, 0.1) is 17.2 Å². The molecular weight excluding hydrogens is 692 g/mol. The summed E-state index contributed by atoms with van der Waals surface area (Å²) < 4.78 is 28.8. The molecule has 0 radical (unpaired) electrons.